The van der Waals surface area contributed by atoms with Crippen LogP contribution in [0.15, 0.2) is 24.3 Å². The summed E-state index contributed by atoms with van der Waals surface area (Å²) in [5.41, 5.74) is 0.674. The molecular formula is C12H18FNO. The van der Waals surface area contributed by atoms with Crippen LogP contribution in [0, 0.1) is 5.82 Å². The van der Waals surface area contributed by atoms with Crippen molar-refractivity contribution in [3.8, 4) is 0 Å². The molecule has 1 unspecified atom stereocenters. The lowest BCUT2D eigenvalue weighted by molar-refractivity contribution is 0.165. The van der Waals surface area contributed by atoms with Crippen molar-refractivity contribution in [2.45, 2.75) is 19.4 Å². The van der Waals surface area contributed by atoms with Crippen molar-refractivity contribution in [2.75, 3.05) is 20.3 Å². The summed E-state index contributed by atoms with van der Waals surface area (Å²) in [7, 11) is 1.63. The lowest BCUT2D eigenvalue weighted by atomic mass is 10.1. The maximum Gasteiger partial charge on any atom is 0.128 e. The van der Waals surface area contributed by atoms with Crippen LogP contribution < -0.4 is 5.32 Å². The second-order valence-corrected chi connectivity index (χ2v) is 3.48. The van der Waals surface area contributed by atoms with Gasteiger partial charge in [-0.3, -0.25) is 0 Å². The average molecular weight is 211 g/mol. The Morgan fingerprint density at radius 1 is 1.40 bits per heavy atom. The lowest BCUT2D eigenvalue weighted by Gasteiger charge is -2.18. The first kappa shape index (κ1) is 12.1. The molecule has 0 spiro atoms. The molecule has 0 aliphatic heterocycles. The number of ether oxygens (including phenoxy) is 1. The molecule has 0 amide bonds. The minimum absolute atomic E-state index is 0.0591. The maximum atomic E-state index is 13.5. The summed E-state index contributed by atoms with van der Waals surface area (Å²) < 4.78 is 18.6. The number of benzene rings is 1. The molecule has 1 aromatic rings. The molecule has 0 saturated carbocycles. The fourth-order valence-electron chi connectivity index (χ4n) is 1.50. The zero-order valence-corrected chi connectivity index (χ0v) is 9.29. The molecule has 0 bridgehead atoms. The smallest absolute Gasteiger partial charge is 0.128 e. The van der Waals surface area contributed by atoms with E-state index in [1.54, 1.807) is 19.2 Å². The summed E-state index contributed by atoms with van der Waals surface area (Å²) in [5.74, 6) is -0.178. The standard InChI is InChI=1S/C12H18FNO/c1-3-8-14-12(9-15-2)10-6-4-5-7-11(10)13/h4-7,12,14H,3,8-9H2,1-2H3. The molecule has 1 N–H and O–H groups in total. The van der Waals surface area contributed by atoms with E-state index in [2.05, 4.69) is 12.2 Å². The van der Waals surface area contributed by atoms with Crippen LogP contribution in [0.25, 0.3) is 0 Å². The van der Waals surface area contributed by atoms with Gasteiger partial charge in [-0.15, -0.1) is 0 Å². The number of nitrogens with one attached hydrogen (secondary N) is 1. The van der Waals surface area contributed by atoms with Crippen LogP contribution in [0.5, 0.6) is 0 Å². The topological polar surface area (TPSA) is 21.3 Å². The van der Waals surface area contributed by atoms with Gasteiger partial charge in [0.1, 0.15) is 5.82 Å². The zero-order chi connectivity index (χ0) is 11.1. The SMILES string of the molecule is CCCNC(COC)c1ccccc1F. The highest BCUT2D eigenvalue weighted by atomic mass is 19.1. The van der Waals surface area contributed by atoms with Crippen LogP contribution in [-0.2, 0) is 4.74 Å². The fraction of sp³-hybridized carbons (Fsp3) is 0.500. The Labute approximate surface area is 90.4 Å². The quantitative estimate of drug-likeness (QED) is 0.780. The summed E-state index contributed by atoms with van der Waals surface area (Å²) >= 11 is 0. The van der Waals surface area contributed by atoms with Gasteiger partial charge in [0.15, 0.2) is 0 Å². The molecule has 0 aliphatic rings. The van der Waals surface area contributed by atoms with Crippen LogP contribution in [0.2, 0.25) is 0 Å². The normalized spacial score (nSPS) is 12.7. The molecular weight excluding hydrogens is 193 g/mol. The van der Waals surface area contributed by atoms with Gasteiger partial charge in [-0.2, -0.15) is 0 Å². The Kier molecular flexibility index (Phi) is 5.29. The van der Waals surface area contributed by atoms with E-state index in [9.17, 15) is 4.39 Å². The van der Waals surface area contributed by atoms with Crippen LogP contribution in [-0.4, -0.2) is 20.3 Å². The number of hydrogen-bond donors (Lipinski definition) is 1. The fourth-order valence-corrected chi connectivity index (χ4v) is 1.50. The van der Waals surface area contributed by atoms with Crippen molar-refractivity contribution < 1.29 is 9.13 Å². The predicted molar refractivity (Wildman–Crippen MR) is 59.3 cm³/mol. The molecule has 0 aromatic heterocycles. The number of hydrogen-bond acceptors (Lipinski definition) is 2. The van der Waals surface area contributed by atoms with E-state index in [1.165, 1.54) is 6.07 Å². The first-order chi connectivity index (χ1) is 7.29. The molecule has 0 aliphatic carbocycles. The number of rotatable bonds is 6. The zero-order valence-electron chi connectivity index (χ0n) is 9.29. The van der Waals surface area contributed by atoms with Gasteiger partial charge >= 0.3 is 0 Å². The first-order valence-corrected chi connectivity index (χ1v) is 5.26. The summed E-state index contributed by atoms with van der Waals surface area (Å²) in [6.45, 7) is 3.43. The highest BCUT2D eigenvalue weighted by Crippen LogP contribution is 2.16. The molecule has 2 nitrogen and oxygen atoms in total. The van der Waals surface area contributed by atoms with E-state index in [1.807, 2.05) is 6.07 Å². The van der Waals surface area contributed by atoms with Crippen LogP contribution in [0.4, 0.5) is 4.39 Å². The van der Waals surface area contributed by atoms with Crippen LogP contribution in [0.3, 0.4) is 0 Å². The molecule has 3 heteroatoms. The van der Waals surface area contributed by atoms with Gasteiger partial charge in [-0.25, -0.2) is 4.39 Å². The third-order valence-electron chi connectivity index (χ3n) is 2.25. The monoisotopic (exact) mass is 211 g/mol. The molecule has 84 valence electrons. The molecule has 0 heterocycles. The lowest BCUT2D eigenvalue weighted by Crippen LogP contribution is -2.26. The van der Waals surface area contributed by atoms with E-state index >= 15 is 0 Å². The second-order valence-electron chi connectivity index (χ2n) is 3.48. The van der Waals surface area contributed by atoms with E-state index in [0.29, 0.717) is 12.2 Å². The van der Waals surface area contributed by atoms with Crippen molar-refractivity contribution in [3.63, 3.8) is 0 Å². The van der Waals surface area contributed by atoms with Crippen LogP contribution >= 0.6 is 0 Å². The molecule has 1 rings (SSSR count). The van der Waals surface area contributed by atoms with Crippen molar-refractivity contribution in [2.24, 2.45) is 0 Å². The average Bonchev–Trinajstić information content (AvgIpc) is 2.25. The summed E-state index contributed by atoms with van der Waals surface area (Å²) in [6.07, 6.45) is 1.02. The van der Waals surface area contributed by atoms with Crippen molar-refractivity contribution >= 4 is 0 Å². The van der Waals surface area contributed by atoms with E-state index < -0.39 is 0 Å². The Morgan fingerprint density at radius 3 is 2.73 bits per heavy atom. The van der Waals surface area contributed by atoms with Crippen molar-refractivity contribution in [1.29, 1.82) is 0 Å². The molecule has 1 atom stereocenters. The molecule has 0 fully saturated rings. The summed E-state index contributed by atoms with van der Waals surface area (Å²) in [5, 5.41) is 3.26. The third kappa shape index (κ3) is 3.61. The van der Waals surface area contributed by atoms with E-state index in [-0.39, 0.29) is 11.9 Å². The number of methoxy groups -OCH3 is 1. The predicted octanol–water partition coefficient (Wildman–Crippen LogP) is 2.51. The van der Waals surface area contributed by atoms with E-state index in [4.69, 9.17) is 4.74 Å². The summed E-state index contributed by atoms with van der Waals surface area (Å²) in [4.78, 5) is 0. The van der Waals surface area contributed by atoms with E-state index in [0.717, 1.165) is 13.0 Å². The van der Waals surface area contributed by atoms with Gasteiger partial charge < -0.3 is 10.1 Å². The van der Waals surface area contributed by atoms with Crippen LogP contribution in [0.1, 0.15) is 24.9 Å². The Balaban J connectivity index is 2.74. The third-order valence-corrected chi connectivity index (χ3v) is 2.25. The van der Waals surface area contributed by atoms with Gasteiger partial charge in [0, 0.05) is 12.7 Å². The van der Waals surface area contributed by atoms with Gasteiger partial charge in [0.25, 0.3) is 0 Å². The molecule has 15 heavy (non-hydrogen) atoms. The minimum atomic E-state index is -0.178. The Morgan fingerprint density at radius 2 is 2.13 bits per heavy atom. The van der Waals surface area contributed by atoms with Gasteiger partial charge in [0.05, 0.1) is 12.6 Å². The largest absolute Gasteiger partial charge is 0.383 e. The highest BCUT2D eigenvalue weighted by molar-refractivity contribution is 5.21. The maximum absolute atomic E-state index is 13.5. The Hall–Kier alpha value is -0.930. The van der Waals surface area contributed by atoms with Gasteiger partial charge in [-0.1, -0.05) is 25.1 Å². The van der Waals surface area contributed by atoms with Crippen molar-refractivity contribution in [1.82, 2.24) is 5.32 Å². The summed E-state index contributed by atoms with van der Waals surface area (Å²) in [6, 6.07) is 6.75. The molecule has 0 saturated heterocycles. The minimum Gasteiger partial charge on any atom is -0.383 e. The number of halogens is 1. The second kappa shape index (κ2) is 6.53. The van der Waals surface area contributed by atoms with Gasteiger partial charge in [0.2, 0.25) is 0 Å². The van der Waals surface area contributed by atoms with Gasteiger partial charge in [-0.05, 0) is 19.0 Å². The molecule has 1 aromatic carbocycles. The van der Waals surface area contributed by atoms with Crippen molar-refractivity contribution in [3.05, 3.63) is 35.6 Å². The highest BCUT2D eigenvalue weighted by Gasteiger charge is 2.13. The Bertz CT molecular complexity index is 291. The molecule has 0 radical (unpaired) electrons. The first-order valence-electron chi connectivity index (χ1n) is 5.26.